The lowest BCUT2D eigenvalue weighted by Gasteiger charge is -2.11. The Kier molecular flexibility index (Phi) is 5.65. The van der Waals surface area contributed by atoms with E-state index in [2.05, 4.69) is 5.32 Å². The van der Waals surface area contributed by atoms with Crippen LogP contribution in [0.3, 0.4) is 0 Å². The first-order valence-electron chi connectivity index (χ1n) is 8.84. The highest BCUT2D eigenvalue weighted by Crippen LogP contribution is 2.23. The van der Waals surface area contributed by atoms with E-state index in [0.717, 1.165) is 16.7 Å². The number of carbonyl (C=O) groups is 1. The third kappa shape index (κ3) is 4.51. The van der Waals surface area contributed by atoms with Crippen LogP contribution in [-0.4, -0.2) is 10.8 Å². The molecular formula is C23H20N2O3. The summed E-state index contributed by atoms with van der Waals surface area (Å²) < 4.78 is 0. The molecule has 0 atom stereocenters. The molecule has 0 bridgehead atoms. The number of anilines is 1. The summed E-state index contributed by atoms with van der Waals surface area (Å²) in [4.78, 5) is 23.6. The van der Waals surface area contributed by atoms with E-state index >= 15 is 0 Å². The van der Waals surface area contributed by atoms with Crippen molar-refractivity contribution >= 4 is 28.9 Å². The third-order valence-corrected chi connectivity index (χ3v) is 4.49. The lowest BCUT2D eigenvalue weighted by molar-refractivity contribution is -0.384. The van der Waals surface area contributed by atoms with Gasteiger partial charge in [-0.1, -0.05) is 48.5 Å². The van der Waals surface area contributed by atoms with Crippen LogP contribution in [0.5, 0.6) is 0 Å². The lowest BCUT2D eigenvalue weighted by atomic mass is 10.0. The molecule has 0 aliphatic carbocycles. The fourth-order valence-electron chi connectivity index (χ4n) is 2.81. The second-order valence-electron chi connectivity index (χ2n) is 6.53. The molecule has 0 radical (unpaired) electrons. The van der Waals surface area contributed by atoms with Gasteiger partial charge in [-0.15, -0.1) is 0 Å². The second kappa shape index (κ2) is 8.31. The van der Waals surface area contributed by atoms with Crippen LogP contribution in [0, 0.1) is 24.0 Å². The zero-order valence-electron chi connectivity index (χ0n) is 15.7. The van der Waals surface area contributed by atoms with Crippen molar-refractivity contribution in [3.05, 3.63) is 105 Å². The molecule has 0 aliphatic heterocycles. The Morgan fingerprint density at radius 3 is 2.36 bits per heavy atom. The molecule has 0 saturated heterocycles. The number of nitrogens with one attached hydrogen (secondary N) is 1. The first kappa shape index (κ1) is 19.0. The molecule has 0 spiro atoms. The molecule has 0 fully saturated rings. The number of benzene rings is 3. The monoisotopic (exact) mass is 372 g/mol. The Balaban J connectivity index is 1.99. The van der Waals surface area contributed by atoms with Crippen molar-refractivity contribution in [2.75, 3.05) is 5.32 Å². The Morgan fingerprint density at radius 1 is 0.929 bits per heavy atom. The van der Waals surface area contributed by atoms with Crippen LogP contribution < -0.4 is 5.32 Å². The third-order valence-electron chi connectivity index (χ3n) is 4.49. The van der Waals surface area contributed by atoms with Gasteiger partial charge in [0.1, 0.15) is 0 Å². The van der Waals surface area contributed by atoms with Crippen molar-refractivity contribution < 1.29 is 9.72 Å². The lowest BCUT2D eigenvalue weighted by Crippen LogP contribution is -2.13. The highest BCUT2D eigenvalue weighted by Gasteiger charge is 2.14. The molecule has 3 aromatic rings. The number of carbonyl (C=O) groups excluding carboxylic acids is 1. The summed E-state index contributed by atoms with van der Waals surface area (Å²) in [5.41, 5.74) is 4.66. The molecule has 1 amide bonds. The van der Waals surface area contributed by atoms with E-state index in [1.165, 1.54) is 12.1 Å². The minimum Gasteiger partial charge on any atom is -0.322 e. The van der Waals surface area contributed by atoms with E-state index in [1.54, 1.807) is 18.2 Å². The van der Waals surface area contributed by atoms with Gasteiger partial charge in [-0.2, -0.15) is 0 Å². The van der Waals surface area contributed by atoms with Gasteiger partial charge in [0.25, 0.3) is 11.6 Å². The predicted octanol–water partition coefficient (Wildman–Crippen LogP) is 5.39. The van der Waals surface area contributed by atoms with Crippen molar-refractivity contribution in [3.8, 4) is 0 Å². The smallest absolute Gasteiger partial charge is 0.270 e. The summed E-state index contributed by atoms with van der Waals surface area (Å²) in [6.07, 6.45) is 1.67. The van der Waals surface area contributed by atoms with Gasteiger partial charge in [0.15, 0.2) is 0 Å². The summed E-state index contributed by atoms with van der Waals surface area (Å²) >= 11 is 0. The Hall–Kier alpha value is -3.73. The summed E-state index contributed by atoms with van der Waals surface area (Å²) in [7, 11) is 0. The van der Waals surface area contributed by atoms with Crippen molar-refractivity contribution in [3.63, 3.8) is 0 Å². The SMILES string of the molecule is Cc1ccc(NC(=O)C(=Cc2cccc([N+](=O)[O-])c2)c2ccccc2)cc1C. The average Bonchev–Trinajstić information content (AvgIpc) is 2.69. The summed E-state index contributed by atoms with van der Waals surface area (Å²) in [6, 6.07) is 21.2. The highest BCUT2D eigenvalue weighted by molar-refractivity contribution is 6.29. The largest absolute Gasteiger partial charge is 0.322 e. The zero-order valence-corrected chi connectivity index (χ0v) is 15.7. The van der Waals surface area contributed by atoms with Gasteiger partial charge in [0, 0.05) is 23.4 Å². The Labute approximate surface area is 163 Å². The van der Waals surface area contributed by atoms with Crippen molar-refractivity contribution in [1.29, 1.82) is 0 Å². The number of hydrogen-bond acceptors (Lipinski definition) is 3. The molecule has 0 aliphatic rings. The summed E-state index contributed by atoms with van der Waals surface area (Å²) in [5.74, 6) is -0.277. The molecule has 0 aromatic heterocycles. The van der Waals surface area contributed by atoms with E-state index < -0.39 is 4.92 Å². The van der Waals surface area contributed by atoms with Gasteiger partial charge in [-0.25, -0.2) is 0 Å². The van der Waals surface area contributed by atoms with Gasteiger partial charge in [0.05, 0.1) is 4.92 Å². The van der Waals surface area contributed by atoms with Crippen LogP contribution in [0.15, 0.2) is 72.8 Å². The molecule has 5 heteroatoms. The molecule has 140 valence electrons. The molecule has 1 N–H and O–H groups in total. The van der Waals surface area contributed by atoms with Crippen molar-refractivity contribution in [1.82, 2.24) is 0 Å². The average molecular weight is 372 g/mol. The van der Waals surface area contributed by atoms with E-state index in [-0.39, 0.29) is 11.6 Å². The van der Waals surface area contributed by atoms with E-state index in [9.17, 15) is 14.9 Å². The quantitative estimate of drug-likeness (QED) is 0.282. The minimum atomic E-state index is -0.450. The standard InChI is InChI=1S/C23H20N2O3/c1-16-11-12-20(13-17(16)2)24-23(26)22(19-8-4-3-5-9-19)15-18-7-6-10-21(14-18)25(27)28/h3-15H,1-2H3,(H,24,26). The van der Waals surface area contributed by atoms with Crippen LogP contribution in [0.2, 0.25) is 0 Å². The number of non-ortho nitro benzene ring substituents is 1. The summed E-state index contributed by atoms with van der Waals surface area (Å²) in [5, 5.41) is 14.0. The van der Waals surface area contributed by atoms with Crippen molar-refractivity contribution in [2.24, 2.45) is 0 Å². The van der Waals surface area contributed by atoms with Crippen LogP contribution in [0.25, 0.3) is 11.6 Å². The maximum atomic E-state index is 13.0. The fraction of sp³-hybridized carbons (Fsp3) is 0.0870. The van der Waals surface area contributed by atoms with Gasteiger partial charge in [-0.3, -0.25) is 14.9 Å². The van der Waals surface area contributed by atoms with Crippen LogP contribution >= 0.6 is 0 Å². The second-order valence-corrected chi connectivity index (χ2v) is 6.53. The maximum absolute atomic E-state index is 13.0. The number of nitrogens with zero attached hydrogens (tertiary/aromatic N) is 1. The van der Waals surface area contributed by atoms with Gasteiger partial charge in [0.2, 0.25) is 0 Å². The molecular weight excluding hydrogens is 352 g/mol. The molecule has 3 aromatic carbocycles. The Bertz CT molecular complexity index is 1060. The molecule has 0 unspecified atom stereocenters. The van der Waals surface area contributed by atoms with Gasteiger partial charge in [-0.05, 0) is 54.3 Å². The topological polar surface area (TPSA) is 72.2 Å². The van der Waals surface area contributed by atoms with Crippen LogP contribution in [0.4, 0.5) is 11.4 Å². The van der Waals surface area contributed by atoms with Crippen molar-refractivity contribution in [2.45, 2.75) is 13.8 Å². The Morgan fingerprint density at radius 2 is 1.68 bits per heavy atom. The number of hydrogen-bond donors (Lipinski definition) is 1. The first-order chi connectivity index (χ1) is 13.4. The van der Waals surface area contributed by atoms with Gasteiger partial charge >= 0.3 is 0 Å². The number of nitro benzene ring substituents is 1. The minimum absolute atomic E-state index is 0.0178. The van der Waals surface area contributed by atoms with E-state index in [1.807, 2.05) is 62.4 Å². The first-order valence-corrected chi connectivity index (χ1v) is 8.84. The highest BCUT2D eigenvalue weighted by atomic mass is 16.6. The van der Waals surface area contributed by atoms with Gasteiger partial charge < -0.3 is 5.32 Å². The predicted molar refractivity (Wildman–Crippen MR) is 112 cm³/mol. The van der Waals surface area contributed by atoms with Crippen LogP contribution in [0.1, 0.15) is 22.3 Å². The van der Waals surface area contributed by atoms with E-state index in [4.69, 9.17) is 0 Å². The van der Waals surface area contributed by atoms with E-state index in [0.29, 0.717) is 16.8 Å². The number of rotatable bonds is 5. The molecule has 28 heavy (non-hydrogen) atoms. The van der Waals surface area contributed by atoms with Crippen LogP contribution in [-0.2, 0) is 4.79 Å². The maximum Gasteiger partial charge on any atom is 0.270 e. The molecule has 3 rings (SSSR count). The number of aryl methyl sites for hydroxylation is 2. The zero-order chi connectivity index (χ0) is 20.1. The summed E-state index contributed by atoms with van der Waals surface area (Å²) in [6.45, 7) is 4.00. The number of nitro groups is 1. The molecule has 0 heterocycles. The molecule has 5 nitrogen and oxygen atoms in total. The number of amides is 1. The normalized spacial score (nSPS) is 11.1. The fourth-order valence-corrected chi connectivity index (χ4v) is 2.81. The molecule has 0 saturated carbocycles.